The largest absolute Gasteiger partial charge is 0.327 e. The summed E-state index contributed by atoms with van der Waals surface area (Å²) >= 11 is 10.9. The fourth-order valence-corrected chi connectivity index (χ4v) is 4.47. The Morgan fingerprint density at radius 1 is 1.04 bits per heavy atom. The second kappa shape index (κ2) is 8.61. The van der Waals surface area contributed by atoms with Gasteiger partial charge in [-0.2, -0.15) is 4.39 Å². The molecule has 0 radical (unpaired) electrons. The maximum absolute atomic E-state index is 14.0. The number of hydrogen-bond acceptors (Lipinski definition) is 1. The van der Waals surface area contributed by atoms with Crippen molar-refractivity contribution in [1.82, 2.24) is 0 Å². The van der Waals surface area contributed by atoms with E-state index in [1.54, 1.807) is 0 Å². The molecule has 1 saturated carbocycles. The summed E-state index contributed by atoms with van der Waals surface area (Å²) in [6.45, 7) is 2.27. The first-order valence-corrected chi connectivity index (χ1v) is 10.7. The molecule has 1 fully saturated rings. The lowest BCUT2D eigenvalue weighted by Crippen LogP contribution is -2.37. The highest BCUT2D eigenvalue weighted by Crippen LogP contribution is 2.43. The third kappa shape index (κ3) is 5.12. The number of allylic oxidation sites excluding steroid dienone is 1. The second-order valence-electron chi connectivity index (χ2n) is 7.89. The summed E-state index contributed by atoms with van der Waals surface area (Å²) < 4.78 is 27.7. The smallest absolute Gasteiger partial charge is 0.235 e. The van der Waals surface area contributed by atoms with Crippen molar-refractivity contribution in [3.05, 3.63) is 47.0 Å². The Hall–Kier alpha value is -0.930. The summed E-state index contributed by atoms with van der Waals surface area (Å²) in [6.07, 6.45) is 11.5. The van der Waals surface area contributed by atoms with E-state index in [9.17, 15) is 8.78 Å². The molecule has 1 nitrogen and oxygen atoms in total. The van der Waals surface area contributed by atoms with E-state index in [1.807, 2.05) is 0 Å². The van der Waals surface area contributed by atoms with Crippen LogP contribution in [0.2, 0.25) is 0 Å². The number of rotatable bonds is 6. The Bertz CT molecular complexity index is 687. The molecular weight excluding hydrogens is 387 g/mol. The van der Waals surface area contributed by atoms with Gasteiger partial charge in [-0.15, -0.1) is 0 Å². The van der Waals surface area contributed by atoms with Gasteiger partial charge >= 0.3 is 5.25 Å². The van der Waals surface area contributed by atoms with Crippen LogP contribution in [0.1, 0.15) is 68.9 Å². The van der Waals surface area contributed by atoms with E-state index >= 15 is 0 Å². The molecule has 0 N–H and O–H groups in total. The zero-order chi connectivity index (χ0) is 19.5. The van der Waals surface area contributed by atoms with Crippen molar-refractivity contribution < 1.29 is 8.78 Å². The molecule has 1 aromatic carbocycles. The predicted molar refractivity (Wildman–Crippen MR) is 110 cm³/mol. The summed E-state index contributed by atoms with van der Waals surface area (Å²) in [6, 6.07) is 8.71. The van der Waals surface area contributed by atoms with Gasteiger partial charge in [-0.25, -0.2) is 9.38 Å². The first-order chi connectivity index (χ1) is 12.8. The van der Waals surface area contributed by atoms with Crippen molar-refractivity contribution in [2.45, 2.75) is 74.6 Å². The van der Waals surface area contributed by atoms with E-state index in [2.05, 4.69) is 36.2 Å². The molecule has 0 aromatic heterocycles. The number of benzene rings is 1. The first kappa shape index (κ1) is 20.8. The molecule has 2 aliphatic rings. The monoisotopic (exact) mass is 413 g/mol. The fraction of sp³-hybridized carbons (Fsp3) is 0.591. The van der Waals surface area contributed by atoms with Gasteiger partial charge in [0.15, 0.2) is 0 Å². The van der Waals surface area contributed by atoms with Crippen LogP contribution in [0.5, 0.6) is 0 Å². The molecule has 0 saturated heterocycles. The Labute approximate surface area is 170 Å². The predicted octanol–water partition coefficient (Wildman–Crippen LogP) is 7.47. The molecule has 1 heterocycles. The minimum atomic E-state index is -2.93. The summed E-state index contributed by atoms with van der Waals surface area (Å²) in [5.41, 5.74) is 3.13. The molecule has 5 heteroatoms. The van der Waals surface area contributed by atoms with E-state index in [1.165, 1.54) is 50.3 Å². The van der Waals surface area contributed by atoms with Crippen LogP contribution in [0, 0.1) is 5.92 Å². The highest BCUT2D eigenvalue weighted by molar-refractivity contribution is 6.34. The van der Waals surface area contributed by atoms with E-state index in [4.69, 9.17) is 23.2 Å². The third-order valence-corrected chi connectivity index (χ3v) is 6.69. The van der Waals surface area contributed by atoms with Gasteiger partial charge in [-0.05, 0) is 73.1 Å². The molecule has 1 aromatic rings. The molecule has 1 aliphatic heterocycles. The SMILES string of the molecule is CCCC1CCC(c2ccc(CCC3=CC(F)(Cl)C(F)(Cl)N=C3)cc2)CC1. The number of halogens is 4. The van der Waals surface area contributed by atoms with E-state index in [0.717, 1.165) is 24.0 Å². The van der Waals surface area contributed by atoms with Crippen molar-refractivity contribution in [3.8, 4) is 0 Å². The Morgan fingerprint density at radius 3 is 2.30 bits per heavy atom. The molecule has 3 rings (SSSR count). The zero-order valence-electron chi connectivity index (χ0n) is 15.7. The summed E-state index contributed by atoms with van der Waals surface area (Å²) in [5.74, 6) is 1.58. The van der Waals surface area contributed by atoms with Gasteiger partial charge in [0.05, 0.1) is 0 Å². The normalized spacial score (nSPS) is 33.7. The van der Waals surface area contributed by atoms with Crippen LogP contribution in [0.15, 0.2) is 40.9 Å². The average molecular weight is 414 g/mol. The number of aliphatic imine (C=N–C) groups is 1. The number of alkyl halides is 4. The highest BCUT2D eigenvalue weighted by Gasteiger charge is 2.51. The Morgan fingerprint density at radius 2 is 1.70 bits per heavy atom. The van der Waals surface area contributed by atoms with E-state index < -0.39 is 10.4 Å². The topological polar surface area (TPSA) is 12.4 Å². The lowest BCUT2D eigenvalue weighted by atomic mass is 9.77. The average Bonchev–Trinajstić information content (AvgIpc) is 2.64. The Balaban J connectivity index is 1.53. The van der Waals surface area contributed by atoms with Crippen molar-refractivity contribution in [1.29, 1.82) is 0 Å². The minimum absolute atomic E-state index is 0.538. The van der Waals surface area contributed by atoms with Gasteiger partial charge in [-0.1, -0.05) is 67.2 Å². The van der Waals surface area contributed by atoms with Crippen LogP contribution in [0.25, 0.3) is 0 Å². The lowest BCUT2D eigenvalue weighted by Gasteiger charge is -2.28. The summed E-state index contributed by atoms with van der Waals surface area (Å²) in [4.78, 5) is 3.40. The van der Waals surface area contributed by atoms with E-state index in [-0.39, 0.29) is 0 Å². The Kier molecular flexibility index (Phi) is 6.63. The molecule has 148 valence electrons. The molecule has 1 aliphatic carbocycles. The van der Waals surface area contributed by atoms with Crippen LogP contribution in [-0.4, -0.2) is 16.6 Å². The second-order valence-corrected chi connectivity index (χ2v) is 8.94. The van der Waals surface area contributed by atoms with Gasteiger partial charge < -0.3 is 0 Å². The lowest BCUT2D eigenvalue weighted by molar-refractivity contribution is 0.136. The quantitative estimate of drug-likeness (QED) is 0.338. The van der Waals surface area contributed by atoms with Crippen LogP contribution < -0.4 is 0 Å². The molecule has 27 heavy (non-hydrogen) atoms. The fourth-order valence-electron chi connectivity index (χ4n) is 4.18. The van der Waals surface area contributed by atoms with Crippen LogP contribution in [-0.2, 0) is 6.42 Å². The molecular formula is C22H27Cl2F2N. The third-order valence-electron chi connectivity index (χ3n) is 5.86. The van der Waals surface area contributed by atoms with Gasteiger partial charge in [0.2, 0.25) is 0 Å². The highest BCUT2D eigenvalue weighted by atomic mass is 35.5. The van der Waals surface area contributed by atoms with Gasteiger partial charge in [0, 0.05) is 6.21 Å². The maximum atomic E-state index is 14.0. The van der Waals surface area contributed by atoms with Gasteiger partial charge in [0.25, 0.3) is 5.13 Å². The number of aryl methyl sites for hydroxylation is 1. The van der Waals surface area contributed by atoms with Crippen LogP contribution in [0.4, 0.5) is 8.78 Å². The van der Waals surface area contributed by atoms with Crippen LogP contribution >= 0.6 is 23.2 Å². The standard InChI is InChI=1S/C22H27Cl2F2N/c1-2-3-16-6-10-19(11-7-16)20-12-8-17(9-13-20)4-5-18-14-21(23,25)22(24,26)27-15-18/h8-9,12-16,19H,2-7,10-11H2,1H3. The van der Waals surface area contributed by atoms with Crippen molar-refractivity contribution >= 4 is 29.4 Å². The molecule has 0 amide bonds. The van der Waals surface area contributed by atoms with Crippen molar-refractivity contribution in [3.63, 3.8) is 0 Å². The number of nitrogens with zero attached hydrogens (tertiary/aromatic N) is 1. The maximum Gasteiger partial charge on any atom is 0.327 e. The van der Waals surface area contributed by atoms with Gasteiger partial charge in [0.1, 0.15) is 0 Å². The minimum Gasteiger partial charge on any atom is -0.235 e. The molecule has 0 spiro atoms. The first-order valence-electron chi connectivity index (χ1n) is 9.92. The molecule has 0 bridgehead atoms. The zero-order valence-corrected chi connectivity index (χ0v) is 17.2. The van der Waals surface area contributed by atoms with E-state index in [0.29, 0.717) is 17.9 Å². The summed E-state index contributed by atoms with van der Waals surface area (Å²) in [7, 11) is 0. The summed E-state index contributed by atoms with van der Waals surface area (Å²) in [5, 5.41) is -5.74. The van der Waals surface area contributed by atoms with Crippen LogP contribution in [0.3, 0.4) is 0 Å². The van der Waals surface area contributed by atoms with Crippen molar-refractivity contribution in [2.24, 2.45) is 10.9 Å². The molecule has 2 atom stereocenters. The number of hydrogen-bond donors (Lipinski definition) is 0. The van der Waals surface area contributed by atoms with Gasteiger partial charge in [-0.3, -0.25) is 0 Å². The molecule has 2 unspecified atom stereocenters. The van der Waals surface area contributed by atoms with Crippen molar-refractivity contribution in [2.75, 3.05) is 0 Å². The number of dihydropyridines is 1.